The Kier molecular flexibility index (Phi) is 5.76. The highest BCUT2D eigenvalue weighted by Gasteiger charge is 2.32. The Morgan fingerprint density at radius 3 is 2.45 bits per heavy atom. The van der Waals surface area contributed by atoms with E-state index < -0.39 is 29.8 Å². The van der Waals surface area contributed by atoms with Crippen molar-refractivity contribution in [3.8, 4) is 0 Å². The quantitative estimate of drug-likeness (QED) is 0.572. The lowest BCUT2D eigenvalue weighted by Crippen LogP contribution is -2.47. The van der Waals surface area contributed by atoms with Crippen LogP contribution in [-0.2, 0) is 14.3 Å². The molecule has 1 aromatic rings. The predicted octanol–water partition coefficient (Wildman–Crippen LogP) is 1.37. The summed E-state index contributed by atoms with van der Waals surface area (Å²) in [5.41, 5.74) is 5.73. The number of nitrogens with one attached hydrogen (secondary N) is 1. The second-order valence-corrected chi connectivity index (χ2v) is 5.76. The molecular weight excluding hydrogens is 288 g/mol. The van der Waals surface area contributed by atoms with Gasteiger partial charge in [-0.2, -0.15) is 0 Å². The fourth-order valence-electron chi connectivity index (χ4n) is 1.76. The number of hydrogen-bond donors (Lipinski definition) is 3. The first kappa shape index (κ1) is 17.8. The third-order valence-corrected chi connectivity index (χ3v) is 2.70. The lowest BCUT2D eigenvalue weighted by atomic mass is 10.0. The standard InChI is InChI=1S/C15H22N2O5/c1-15(2,3)22-14(20)17-11(13(19)21-4)12(18)9-6-5-7-10(16)8-9/h5-8,11-12,18H,16H2,1-4H3,(H,17,20)/t11-,12-/m0/s1. The average Bonchev–Trinajstić information content (AvgIpc) is 2.41. The van der Waals surface area contributed by atoms with E-state index in [0.29, 0.717) is 11.3 Å². The van der Waals surface area contributed by atoms with Gasteiger partial charge in [0.05, 0.1) is 7.11 Å². The molecule has 0 aliphatic carbocycles. The summed E-state index contributed by atoms with van der Waals surface area (Å²) in [6, 6.07) is 5.08. The number of benzene rings is 1. The Labute approximate surface area is 129 Å². The van der Waals surface area contributed by atoms with Gasteiger partial charge in [0, 0.05) is 5.69 Å². The minimum atomic E-state index is -1.32. The molecule has 122 valence electrons. The van der Waals surface area contributed by atoms with Gasteiger partial charge in [0.25, 0.3) is 0 Å². The number of nitrogens with two attached hydrogens (primary N) is 1. The lowest BCUT2D eigenvalue weighted by Gasteiger charge is -2.25. The predicted molar refractivity (Wildman–Crippen MR) is 81.0 cm³/mol. The van der Waals surface area contributed by atoms with Crippen LogP contribution in [0.4, 0.5) is 10.5 Å². The van der Waals surface area contributed by atoms with Crippen molar-refractivity contribution in [2.45, 2.75) is 38.5 Å². The fourth-order valence-corrected chi connectivity index (χ4v) is 1.76. The molecule has 0 radical (unpaired) electrons. The minimum Gasteiger partial charge on any atom is -0.467 e. The number of carbonyl (C=O) groups is 2. The van der Waals surface area contributed by atoms with Gasteiger partial charge < -0.3 is 25.6 Å². The van der Waals surface area contributed by atoms with Crippen LogP contribution in [0.5, 0.6) is 0 Å². The number of aliphatic hydroxyl groups is 1. The maximum Gasteiger partial charge on any atom is 0.408 e. The van der Waals surface area contributed by atoms with Crippen LogP contribution in [0, 0.1) is 0 Å². The molecule has 0 aliphatic rings. The van der Waals surface area contributed by atoms with Crippen LogP contribution in [0.1, 0.15) is 32.4 Å². The average molecular weight is 310 g/mol. The van der Waals surface area contributed by atoms with E-state index in [9.17, 15) is 14.7 Å². The first-order valence-electron chi connectivity index (χ1n) is 6.75. The van der Waals surface area contributed by atoms with E-state index >= 15 is 0 Å². The van der Waals surface area contributed by atoms with E-state index in [0.717, 1.165) is 7.11 Å². The molecule has 0 spiro atoms. The van der Waals surface area contributed by atoms with Gasteiger partial charge in [-0.25, -0.2) is 9.59 Å². The molecule has 1 aromatic carbocycles. The van der Waals surface area contributed by atoms with Gasteiger partial charge in [-0.3, -0.25) is 0 Å². The molecule has 7 heteroatoms. The molecule has 7 nitrogen and oxygen atoms in total. The zero-order valence-electron chi connectivity index (χ0n) is 13.1. The highest BCUT2D eigenvalue weighted by Crippen LogP contribution is 2.20. The van der Waals surface area contributed by atoms with E-state index in [-0.39, 0.29) is 0 Å². The van der Waals surface area contributed by atoms with Crippen molar-refractivity contribution in [1.29, 1.82) is 0 Å². The van der Waals surface area contributed by atoms with Crippen LogP contribution >= 0.6 is 0 Å². The van der Waals surface area contributed by atoms with Crippen molar-refractivity contribution in [2.75, 3.05) is 12.8 Å². The van der Waals surface area contributed by atoms with Crippen LogP contribution in [0.15, 0.2) is 24.3 Å². The molecule has 0 fully saturated rings. The number of esters is 1. The summed E-state index contributed by atoms with van der Waals surface area (Å²) in [6.45, 7) is 5.07. The summed E-state index contributed by atoms with van der Waals surface area (Å²) in [5, 5.41) is 12.6. The van der Waals surface area contributed by atoms with Crippen molar-refractivity contribution in [2.24, 2.45) is 0 Å². The third kappa shape index (κ3) is 5.25. The molecule has 0 aromatic heterocycles. The Balaban J connectivity index is 2.93. The summed E-state index contributed by atoms with van der Waals surface area (Å²) >= 11 is 0. The van der Waals surface area contributed by atoms with Gasteiger partial charge in [-0.15, -0.1) is 0 Å². The molecule has 0 aliphatic heterocycles. The largest absolute Gasteiger partial charge is 0.467 e. The first-order chi connectivity index (χ1) is 10.1. The van der Waals surface area contributed by atoms with Crippen LogP contribution in [0.25, 0.3) is 0 Å². The molecule has 0 unspecified atom stereocenters. The highest BCUT2D eigenvalue weighted by atomic mass is 16.6. The molecule has 0 bridgehead atoms. The molecular formula is C15H22N2O5. The maximum absolute atomic E-state index is 11.8. The Morgan fingerprint density at radius 2 is 1.95 bits per heavy atom. The van der Waals surface area contributed by atoms with Crippen LogP contribution in [-0.4, -0.2) is 35.9 Å². The molecule has 22 heavy (non-hydrogen) atoms. The third-order valence-electron chi connectivity index (χ3n) is 2.70. The molecule has 2 atom stereocenters. The second kappa shape index (κ2) is 7.13. The normalized spacial score (nSPS) is 13.9. The molecule has 1 amide bonds. The van der Waals surface area contributed by atoms with Crippen molar-refractivity contribution >= 4 is 17.7 Å². The Bertz CT molecular complexity index is 539. The van der Waals surface area contributed by atoms with Gasteiger partial charge in [-0.05, 0) is 38.5 Å². The number of methoxy groups -OCH3 is 1. The van der Waals surface area contributed by atoms with E-state index in [1.165, 1.54) is 6.07 Å². The molecule has 0 heterocycles. The van der Waals surface area contributed by atoms with Gasteiger partial charge >= 0.3 is 12.1 Å². The summed E-state index contributed by atoms with van der Waals surface area (Å²) in [6.07, 6.45) is -2.14. The van der Waals surface area contributed by atoms with Gasteiger partial charge in [-0.1, -0.05) is 12.1 Å². The number of ether oxygens (including phenoxy) is 2. The number of rotatable bonds is 4. The van der Waals surface area contributed by atoms with Crippen molar-refractivity contribution in [3.05, 3.63) is 29.8 Å². The Morgan fingerprint density at radius 1 is 1.32 bits per heavy atom. The van der Waals surface area contributed by atoms with Crippen molar-refractivity contribution in [1.82, 2.24) is 5.32 Å². The number of aliphatic hydroxyl groups excluding tert-OH is 1. The van der Waals surface area contributed by atoms with Gasteiger partial charge in [0.1, 0.15) is 11.7 Å². The first-order valence-corrected chi connectivity index (χ1v) is 6.75. The summed E-state index contributed by atoms with van der Waals surface area (Å²) in [7, 11) is 1.16. The van der Waals surface area contributed by atoms with E-state index in [4.69, 9.17) is 10.5 Å². The van der Waals surface area contributed by atoms with Gasteiger partial charge in [0.2, 0.25) is 0 Å². The van der Waals surface area contributed by atoms with E-state index in [1.807, 2.05) is 0 Å². The number of carbonyl (C=O) groups excluding carboxylic acids is 2. The molecule has 0 saturated heterocycles. The van der Waals surface area contributed by atoms with Crippen LogP contribution in [0.3, 0.4) is 0 Å². The zero-order chi connectivity index (χ0) is 16.9. The lowest BCUT2D eigenvalue weighted by molar-refractivity contribution is -0.146. The monoisotopic (exact) mass is 310 g/mol. The van der Waals surface area contributed by atoms with Crippen molar-refractivity contribution in [3.63, 3.8) is 0 Å². The summed E-state index contributed by atoms with van der Waals surface area (Å²) in [5.74, 6) is -0.791. The zero-order valence-corrected chi connectivity index (χ0v) is 13.1. The smallest absolute Gasteiger partial charge is 0.408 e. The van der Waals surface area contributed by atoms with Crippen molar-refractivity contribution < 1.29 is 24.2 Å². The molecule has 1 rings (SSSR count). The van der Waals surface area contributed by atoms with E-state index in [1.54, 1.807) is 39.0 Å². The number of hydrogen-bond acceptors (Lipinski definition) is 6. The maximum atomic E-state index is 11.8. The number of anilines is 1. The fraction of sp³-hybridized carbons (Fsp3) is 0.467. The summed E-state index contributed by atoms with van der Waals surface area (Å²) < 4.78 is 9.69. The minimum absolute atomic E-state index is 0.381. The Hall–Kier alpha value is -2.28. The topological polar surface area (TPSA) is 111 Å². The highest BCUT2D eigenvalue weighted by molar-refractivity contribution is 5.82. The van der Waals surface area contributed by atoms with Crippen LogP contribution < -0.4 is 11.1 Å². The summed E-state index contributed by atoms with van der Waals surface area (Å²) in [4.78, 5) is 23.6. The second-order valence-electron chi connectivity index (χ2n) is 5.76. The molecule has 0 saturated carbocycles. The SMILES string of the molecule is COC(=O)[C@@H](NC(=O)OC(C)(C)C)[C@@H](O)c1cccc(N)c1. The number of nitrogen functional groups attached to an aromatic ring is 1. The molecule has 4 N–H and O–H groups in total. The number of alkyl carbamates (subject to hydrolysis) is 1. The van der Waals surface area contributed by atoms with Crippen LogP contribution in [0.2, 0.25) is 0 Å². The van der Waals surface area contributed by atoms with Gasteiger partial charge in [0.15, 0.2) is 6.04 Å². The number of amides is 1. The van der Waals surface area contributed by atoms with E-state index in [2.05, 4.69) is 10.1 Å².